The van der Waals surface area contributed by atoms with Gasteiger partial charge >= 0.3 is 6.18 Å². The monoisotopic (exact) mass is 333 g/mol. The lowest BCUT2D eigenvalue weighted by molar-refractivity contribution is -0.153. The summed E-state index contributed by atoms with van der Waals surface area (Å²) in [4.78, 5) is 0. The first-order chi connectivity index (χ1) is 10.0. The van der Waals surface area contributed by atoms with E-state index in [0.717, 1.165) is 0 Å². The number of halogens is 3. The molecule has 0 aliphatic rings. The van der Waals surface area contributed by atoms with E-state index in [1.54, 1.807) is 32.9 Å². The van der Waals surface area contributed by atoms with E-state index in [1.807, 2.05) is 0 Å². The van der Waals surface area contributed by atoms with Crippen LogP contribution in [0.25, 0.3) is 0 Å². The second-order valence-corrected chi connectivity index (χ2v) is 7.57. The van der Waals surface area contributed by atoms with Crippen LogP contribution < -0.4 is 9.46 Å². The molecule has 3 nitrogen and oxygen atoms in total. The Morgan fingerprint density at radius 3 is 2.23 bits per heavy atom. The van der Waals surface area contributed by atoms with Gasteiger partial charge in [-0.3, -0.25) is 0 Å². The van der Waals surface area contributed by atoms with Gasteiger partial charge in [-0.2, -0.15) is 13.2 Å². The van der Waals surface area contributed by atoms with Crippen molar-refractivity contribution in [3.05, 3.63) is 29.8 Å². The largest absolute Gasteiger partial charge is 0.598 e. The lowest BCUT2D eigenvalue weighted by atomic mass is 10.1. The van der Waals surface area contributed by atoms with Gasteiger partial charge in [0.2, 0.25) is 0 Å². The van der Waals surface area contributed by atoms with E-state index in [-0.39, 0.29) is 5.75 Å². The zero-order chi connectivity index (χ0) is 17.0. The maximum atomic E-state index is 12.1. The third-order valence-corrected chi connectivity index (χ3v) is 4.13. The summed E-state index contributed by atoms with van der Waals surface area (Å²) in [5.74, 6) is 2.56. The molecule has 0 aliphatic heterocycles. The lowest BCUT2D eigenvalue weighted by Crippen LogP contribution is -2.40. The molecule has 22 heavy (non-hydrogen) atoms. The molecule has 0 radical (unpaired) electrons. The van der Waals surface area contributed by atoms with Crippen LogP contribution in [0.15, 0.2) is 24.3 Å². The summed E-state index contributed by atoms with van der Waals surface area (Å²) in [5, 5.41) is 0. The first-order valence-corrected chi connectivity index (χ1v) is 7.61. The molecular formula is C15H18F3NO2S. The third-order valence-electron chi connectivity index (χ3n) is 2.56. The molecule has 0 spiro atoms. The Morgan fingerprint density at radius 1 is 1.27 bits per heavy atom. The van der Waals surface area contributed by atoms with Crippen molar-refractivity contribution in [2.24, 2.45) is 0 Å². The Kier molecular flexibility index (Phi) is 6.17. The highest BCUT2D eigenvalue weighted by Gasteiger charge is 2.30. The fourth-order valence-electron chi connectivity index (χ4n) is 1.40. The lowest BCUT2D eigenvalue weighted by Gasteiger charge is -2.26. The molecule has 0 bridgehead atoms. The predicted molar refractivity (Wildman–Crippen MR) is 80.6 cm³/mol. The van der Waals surface area contributed by atoms with Crippen LogP contribution >= 0.6 is 0 Å². The Bertz CT molecular complexity index is 518. The van der Waals surface area contributed by atoms with Crippen LogP contribution in [0.1, 0.15) is 32.4 Å². The van der Waals surface area contributed by atoms with Gasteiger partial charge in [-0.25, -0.2) is 0 Å². The molecular weight excluding hydrogens is 315 g/mol. The summed E-state index contributed by atoms with van der Waals surface area (Å²) in [6, 6.07) is 5.28. The Hall–Kier alpha value is -1.36. The van der Waals surface area contributed by atoms with Gasteiger partial charge in [0.1, 0.15) is 16.5 Å². The maximum absolute atomic E-state index is 12.1. The van der Waals surface area contributed by atoms with E-state index >= 15 is 0 Å². The fourth-order valence-corrected chi connectivity index (χ4v) is 2.18. The number of nitrogens with one attached hydrogen (secondary N) is 1. The molecule has 1 aromatic carbocycles. The Balaban J connectivity index is 2.73. The molecule has 0 heterocycles. The van der Waals surface area contributed by atoms with Crippen molar-refractivity contribution in [1.82, 2.24) is 4.72 Å². The van der Waals surface area contributed by atoms with Crippen molar-refractivity contribution in [2.45, 2.75) is 37.7 Å². The summed E-state index contributed by atoms with van der Waals surface area (Å²) in [5.41, 5.74) is 0.624. The highest BCUT2D eigenvalue weighted by Crippen LogP contribution is 2.23. The van der Waals surface area contributed by atoms with Crippen LogP contribution in [-0.2, 0) is 11.4 Å². The molecule has 122 valence electrons. The normalized spacial score (nSPS) is 15.0. The SMILES string of the molecule is C#CC(N[S+]([O-])C(C)(C)C)c1ccc(OCC(F)(F)F)cc1. The zero-order valence-corrected chi connectivity index (χ0v) is 13.3. The van der Waals surface area contributed by atoms with E-state index < -0.39 is 34.9 Å². The Morgan fingerprint density at radius 2 is 1.82 bits per heavy atom. The van der Waals surface area contributed by atoms with Gasteiger partial charge < -0.3 is 9.29 Å². The van der Waals surface area contributed by atoms with Gasteiger partial charge in [0, 0.05) is 11.4 Å². The van der Waals surface area contributed by atoms with Gasteiger partial charge in [0.05, 0.1) is 0 Å². The molecule has 1 N–H and O–H groups in total. The summed E-state index contributed by atoms with van der Waals surface area (Å²) in [6.07, 6.45) is 1.04. The summed E-state index contributed by atoms with van der Waals surface area (Å²) in [6.45, 7) is 4.06. The van der Waals surface area contributed by atoms with Crippen molar-refractivity contribution < 1.29 is 22.5 Å². The van der Waals surface area contributed by atoms with E-state index in [9.17, 15) is 17.7 Å². The first kappa shape index (κ1) is 18.7. The second-order valence-electron chi connectivity index (χ2n) is 5.57. The predicted octanol–water partition coefficient (Wildman–Crippen LogP) is 3.35. The number of terminal acetylenes is 1. The van der Waals surface area contributed by atoms with Gasteiger partial charge in [-0.1, -0.05) is 18.1 Å². The molecule has 0 saturated heterocycles. The molecule has 1 aromatic rings. The van der Waals surface area contributed by atoms with E-state index in [0.29, 0.717) is 5.56 Å². The number of hydrogen-bond acceptors (Lipinski definition) is 3. The minimum atomic E-state index is -4.38. The van der Waals surface area contributed by atoms with Crippen molar-refractivity contribution in [1.29, 1.82) is 0 Å². The van der Waals surface area contributed by atoms with Crippen LogP contribution in [0.2, 0.25) is 0 Å². The molecule has 0 saturated carbocycles. The van der Waals surface area contributed by atoms with Crippen LogP contribution in [0, 0.1) is 12.3 Å². The van der Waals surface area contributed by atoms with Crippen molar-refractivity contribution >= 4 is 11.4 Å². The molecule has 0 aliphatic carbocycles. The van der Waals surface area contributed by atoms with Crippen molar-refractivity contribution in [3.63, 3.8) is 0 Å². The highest BCUT2D eigenvalue weighted by molar-refractivity contribution is 7.90. The van der Waals surface area contributed by atoms with E-state index in [4.69, 9.17) is 6.42 Å². The van der Waals surface area contributed by atoms with Gasteiger partial charge in [0.15, 0.2) is 6.61 Å². The summed E-state index contributed by atoms with van der Waals surface area (Å²) in [7, 11) is 0. The number of benzene rings is 1. The van der Waals surface area contributed by atoms with Crippen LogP contribution in [0.5, 0.6) is 5.75 Å². The van der Waals surface area contributed by atoms with Crippen molar-refractivity contribution in [3.8, 4) is 18.1 Å². The average molecular weight is 333 g/mol. The van der Waals surface area contributed by atoms with Crippen LogP contribution in [-0.4, -0.2) is 22.1 Å². The van der Waals surface area contributed by atoms with Crippen LogP contribution in [0.3, 0.4) is 0 Å². The number of alkyl halides is 3. The second kappa shape index (κ2) is 7.27. The van der Waals surface area contributed by atoms with Gasteiger partial charge in [-0.15, -0.1) is 11.1 Å². The van der Waals surface area contributed by atoms with E-state index in [2.05, 4.69) is 15.4 Å². The molecule has 0 fully saturated rings. The van der Waals surface area contributed by atoms with Gasteiger partial charge in [-0.05, 0) is 38.5 Å². The number of hydrogen-bond donors (Lipinski definition) is 1. The standard InChI is InChI=1S/C15H18F3NO2S/c1-5-13(19-22(20)14(2,3)4)11-6-8-12(9-7-11)21-10-15(16,17)18/h1,6-9,13,19H,10H2,2-4H3. The highest BCUT2D eigenvalue weighted by atomic mass is 32.2. The molecule has 1 rings (SSSR count). The minimum Gasteiger partial charge on any atom is -0.598 e. The third kappa shape index (κ3) is 6.18. The van der Waals surface area contributed by atoms with E-state index in [1.165, 1.54) is 12.1 Å². The van der Waals surface area contributed by atoms with Crippen LogP contribution in [0.4, 0.5) is 13.2 Å². The minimum absolute atomic E-state index is 0.0915. The molecule has 2 atom stereocenters. The number of rotatable bonds is 5. The quantitative estimate of drug-likeness (QED) is 0.664. The molecule has 2 unspecified atom stereocenters. The maximum Gasteiger partial charge on any atom is 0.422 e. The smallest absolute Gasteiger partial charge is 0.422 e. The Labute approximate surface area is 131 Å². The average Bonchev–Trinajstić information content (AvgIpc) is 2.41. The molecule has 0 amide bonds. The number of ether oxygens (including phenoxy) is 1. The van der Waals surface area contributed by atoms with Gasteiger partial charge in [0.25, 0.3) is 0 Å². The fraction of sp³-hybridized carbons (Fsp3) is 0.467. The summed E-state index contributed by atoms with van der Waals surface area (Å²) < 4.78 is 55.2. The van der Waals surface area contributed by atoms with Crippen molar-refractivity contribution in [2.75, 3.05) is 6.61 Å². The molecule has 0 aromatic heterocycles. The topological polar surface area (TPSA) is 44.3 Å². The molecule has 7 heteroatoms. The zero-order valence-electron chi connectivity index (χ0n) is 12.5. The summed E-state index contributed by atoms with van der Waals surface area (Å²) >= 11 is -1.36. The first-order valence-electron chi connectivity index (χ1n) is 6.46.